The van der Waals surface area contributed by atoms with Crippen LogP contribution in [0.3, 0.4) is 0 Å². The maximum absolute atomic E-state index is 14.0. The number of carbonyl (C=O) groups excluding carboxylic acids is 1. The number of carbonyl (C=O) groups is 1. The number of pyridine rings is 1. The standard InChI is InChI=1S/C19H14F4N4O/c20-17-14-8-12-2-4-16(13(14)5-6-25-17)27(12)18(28)26-11-1-3-15(19(21,22)23)10(7-11)9-24/h1,3,5-7,12,16H,2,4,8H2,(H,26,28). The normalized spacial score (nSPS) is 20.5. The molecule has 4 rings (SSSR count). The zero-order valence-corrected chi connectivity index (χ0v) is 14.4. The van der Waals surface area contributed by atoms with Crippen LogP contribution in [0.15, 0.2) is 30.5 Å². The molecule has 2 atom stereocenters. The van der Waals surface area contributed by atoms with Crippen molar-refractivity contribution in [3.8, 4) is 6.07 Å². The Labute approximate surface area is 157 Å². The number of urea groups is 1. The van der Waals surface area contributed by atoms with Gasteiger partial charge in [-0.25, -0.2) is 9.78 Å². The molecule has 1 aromatic heterocycles. The van der Waals surface area contributed by atoms with E-state index in [2.05, 4.69) is 10.3 Å². The number of anilines is 1. The number of nitriles is 1. The van der Waals surface area contributed by atoms with E-state index in [0.29, 0.717) is 30.4 Å². The third-order valence-electron chi connectivity index (χ3n) is 5.27. The first-order chi connectivity index (χ1) is 13.3. The Morgan fingerprint density at radius 2 is 2.07 bits per heavy atom. The highest BCUT2D eigenvalue weighted by Crippen LogP contribution is 2.44. The summed E-state index contributed by atoms with van der Waals surface area (Å²) in [5, 5.41) is 11.6. The number of fused-ring (bicyclic) bond motifs is 4. The van der Waals surface area contributed by atoms with Crippen molar-refractivity contribution in [3.63, 3.8) is 0 Å². The molecule has 9 heteroatoms. The molecule has 0 aliphatic carbocycles. The van der Waals surface area contributed by atoms with Crippen LogP contribution >= 0.6 is 0 Å². The number of hydrogen-bond acceptors (Lipinski definition) is 3. The molecule has 0 radical (unpaired) electrons. The second-order valence-electron chi connectivity index (χ2n) is 6.83. The van der Waals surface area contributed by atoms with Crippen LogP contribution in [-0.2, 0) is 12.6 Å². The van der Waals surface area contributed by atoms with Gasteiger partial charge in [-0.3, -0.25) is 0 Å². The van der Waals surface area contributed by atoms with Gasteiger partial charge in [0.15, 0.2) is 0 Å². The lowest BCUT2D eigenvalue weighted by Gasteiger charge is -2.36. The van der Waals surface area contributed by atoms with E-state index < -0.39 is 29.3 Å². The van der Waals surface area contributed by atoms with Gasteiger partial charge in [-0.2, -0.15) is 22.8 Å². The van der Waals surface area contributed by atoms with Crippen LogP contribution in [0.5, 0.6) is 0 Å². The molecule has 2 aromatic rings. The van der Waals surface area contributed by atoms with Crippen molar-refractivity contribution in [2.45, 2.75) is 37.5 Å². The Hall–Kier alpha value is -3.15. The zero-order valence-electron chi connectivity index (χ0n) is 14.4. The highest BCUT2D eigenvalue weighted by molar-refractivity contribution is 5.90. The molecule has 1 N–H and O–H groups in total. The van der Waals surface area contributed by atoms with E-state index in [1.165, 1.54) is 12.3 Å². The van der Waals surface area contributed by atoms with Crippen molar-refractivity contribution in [2.24, 2.45) is 0 Å². The summed E-state index contributed by atoms with van der Waals surface area (Å²) in [6, 6.07) is 5.09. The molecule has 3 heterocycles. The molecule has 2 aliphatic rings. The molecule has 5 nitrogen and oxygen atoms in total. The van der Waals surface area contributed by atoms with Crippen LogP contribution in [0.25, 0.3) is 0 Å². The first-order valence-corrected chi connectivity index (χ1v) is 8.63. The Kier molecular flexibility index (Phi) is 4.22. The van der Waals surface area contributed by atoms with Gasteiger partial charge >= 0.3 is 12.2 Å². The highest BCUT2D eigenvalue weighted by Gasteiger charge is 2.43. The van der Waals surface area contributed by atoms with Crippen molar-refractivity contribution in [1.29, 1.82) is 5.26 Å². The van der Waals surface area contributed by atoms with Crippen molar-refractivity contribution in [1.82, 2.24) is 9.88 Å². The van der Waals surface area contributed by atoms with Crippen molar-refractivity contribution >= 4 is 11.7 Å². The molecule has 1 aromatic carbocycles. The minimum Gasteiger partial charge on any atom is -0.314 e. The summed E-state index contributed by atoms with van der Waals surface area (Å²) in [5.41, 5.74) is -0.295. The molecular weight excluding hydrogens is 376 g/mol. The van der Waals surface area contributed by atoms with Gasteiger partial charge in [0.25, 0.3) is 0 Å². The Morgan fingerprint density at radius 1 is 1.29 bits per heavy atom. The summed E-state index contributed by atoms with van der Waals surface area (Å²) in [6.45, 7) is 0. The fourth-order valence-electron chi connectivity index (χ4n) is 4.08. The van der Waals surface area contributed by atoms with Crippen LogP contribution in [0.2, 0.25) is 0 Å². The van der Waals surface area contributed by atoms with E-state index in [4.69, 9.17) is 5.26 Å². The number of halogens is 4. The number of nitrogens with one attached hydrogen (secondary N) is 1. The fourth-order valence-corrected chi connectivity index (χ4v) is 4.08. The first-order valence-electron chi connectivity index (χ1n) is 8.63. The van der Waals surface area contributed by atoms with E-state index in [9.17, 15) is 22.4 Å². The monoisotopic (exact) mass is 390 g/mol. The minimum atomic E-state index is -4.65. The topological polar surface area (TPSA) is 69.0 Å². The lowest BCUT2D eigenvalue weighted by Crippen LogP contribution is -2.44. The Bertz CT molecular complexity index is 998. The van der Waals surface area contributed by atoms with Gasteiger partial charge < -0.3 is 10.2 Å². The molecular formula is C19H14F4N4O. The first kappa shape index (κ1) is 18.2. The molecule has 144 valence electrons. The second-order valence-corrected chi connectivity index (χ2v) is 6.83. The average Bonchev–Trinajstić information content (AvgIpc) is 2.97. The van der Waals surface area contributed by atoms with Gasteiger partial charge in [-0.05, 0) is 49.1 Å². The van der Waals surface area contributed by atoms with E-state index in [1.54, 1.807) is 11.0 Å². The van der Waals surface area contributed by atoms with Crippen molar-refractivity contribution < 1.29 is 22.4 Å². The van der Waals surface area contributed by atoms with E-state index >= 15 is 0 Å². The van der Waals surface area contributed by atoms with E-state index in [-0.39, 0.29) is 17.8 Å². The smallest absolute Gasteiger partial charge is 0.314 e. The highest BCUT2D eigenvalue weighted by atomic mass is 19.4. The molecule has 28 heavy (non-hydrogen) atoms. The lowest BCUT2D eigenvalue weighted by atomic mass is 9.95. The van der Waals surface area contributed by atoms with Crippen molar-refractivity contribution in [3.05, 3.63) is 58.7 Å². The van der Waals surface area contributed by atoms with Gasteiger partial charge in [-0.15, -0.1) is 0 Å². The molecule has 2 unspecified atom stereocenters. The molecule has 0 spiro atoms. The predicted molar refractivity (Wildman–Crippen MR) is 90.7 cm³/mol. The third-order valence-corrected chi connectivity index (χ3v) is 5.27. The van der Waals surface area contributed by atoms with E-state index in [1.807, 2.05) is 0 Å². The summed E-state index contributed by atoms with van der Waals surface area (Å²) in [4.78, 5) is 18.1. The van der Waals surface area contributed by atoms with Gasteiger partial charge in [0.2, 0.25) is 5.95 Å². The molecule has 2 aliphatic heterocycles. The number of nitrogens with zero attached hydrogens (tertiary/aromatic N) is 3. The number of aromatic nitrogens is 1. The summed E-state index contributed by atoms with van der Waals surface area (Å²) in [5.74, 6) is -0.532. The van der Waals surface area contributed by atoms with Gasteiger partial charge in [0.05, 0.1) is 23.2 Å². The third kappa shape index (κ3) is 2.95. The van der Waals surface area contributed by atoms with E-state index in [0.717, 1.165) is 18.2 Å². The SMILES string of the molecule is N#Cc1cc(NC(=O)N2C3CCC2c2ccnc(F)c2C3)ccc1C(F)(F)F. The number of amides is 2. The maximum Gasteiger partial charge on any atom is 0.417 e. The summed E-state index contributed by atoms with van der Waals surface area (Å²) < 4.78 is 52.8. The number of alkyl halides is 3. The van der Waals surface area contributed by atoms with Crippen molar-refractivity contribution in [2.75, 3.05) is 5.32 Å². The van der Waals surface area contributed by atoms with Crippen LogP contribution in [0.4, 0.5) is 28.0 Å². The van der Waals surface area contributed by atoms with Crippen LogP contribution in [-0.4, -0.2) is 22.0 Å². The zero-order chi connectivity index (χ0) is 20.1. The number of hydrogen-bond donors (Lipinski definition) is 1. The molecule has 1 fully saturated rings. The maximum atomic E-state index is 14.0. The fraction of sp³-hybridized carbons (Fsp3) is 0.316. The number of rotatable bonds is 1. The molecule has 2 bridgehead atoms. The van der Waals surface area contributed by atoms with Crippen LogP contribution in [0, 0.1) is 17.3 Å². The Morgan fingerprint density at radius 3 is 2.79 bits per heavy atom. The number of benzene rings is 1. The van der Waals surface area contributed by atoms with Gasteiger partial charge in [0.1, 0.15) is 0 Å². The average molecular weight is 390 g/mol. The summed E-state index contributed by atoms with van der Waals surface area (Å²) in [6.07, 6.45) is -1.58. The van der Waals surface area contributed by atoms with Gasteiger partial charge in [-0.1, -0.05) is 0 Å². The molecule has 2 amide bonds. The Balaban J connectivity index is 1.59. The van der Waals surface area contributed by atoms with Crippen LogP contribution in [0.1, 0.15) is 41.1 Å². The quantitative estimate of drug-likeness (QED) is 0.580. The predicted octanol–water partition coefficient (Wildman–Crippen LogP) is 4.40. The van der Waals surface area contributed by atoms with Gasteiger partial charge in [0, 0.05) is 23.5 Å². The molecule has 0 saturated carbocycles. The summed E-state index contributed by atoms with van der Waals surface area (Å²) in [7, 11) is 0. The lowest BCUT2D eigenvalue weighted by molar-refractivity contribution is -0.137. The largest absolute Gasteiger partial charge is 0.417 e. The molecule has 1 saturated heterocycles. The second kappa shape index (κ2) is 6.48. The van der Waals surface area contributed by atoms with Crippen LogP contribution < -0.4 is 5.32 Å². The minimum absolute atomic E-state index is 0.0978. The summed E-state index contributed by atoms with van der Waals surface area (Å²) >= 11 is 0.